The summed E-state index contributed by atoms with van der Waals surface area (Å²) in [4.78, 5) is 0. The van der Waals surface area contributed by atoms with Crippen molar-refractivity contribution in [3.05, 3.63) is 12.4 Å². The number of hydrogen-bond acceptors (Lipinski definition) is 4. The van der Waals surface area contributed by atoms with E-state index < -0.39 is 0 Å². The van der Waals surface area contributed by atoms with Gasteiger partial charge in [0.15, 0.2) is 0 Å². The van der Waals surface area contributed by atoms with Crippen molar-refractivity contribution in [3.8, 4) is 0 Å². The summed E-state index contributed by atoms with van der Waals surface area (Å²) >= 11 is 0. The smallest absolute Gasteiger partial charge is 0.141 e. The Morgan fingerprint density at radius 3 is 2.00 bits per heavy atom. The third-order valence-corrected chi connectivity index (χ3v) is 1.52. The van der Waals surface area contributed by atoms with E-state index in [9.17, 15) is 0 Å². The van der Waals surface area contributed by atoms with Gasteiger partial charge < -0.3 is 0 Å². The molecule has 1 aliphatic rings. The highest BCUT2D eigenvalue weighted by atomic mass is 15.8. The maximum Gasteiger partial charge on any atom is 0.141 e. The third-order valence-electron chi connectivity index (χ3n) is 1.52. The van der Waals surface area contributed by atoms with Gasteiger partial charge in [0.05, 0.1) is 5.54 Å². The van der Waals surface area contributed by atoms with E-state index in [0.29, 0.717) is 0 Å². The Hall–Kier alpha value is -1.06. The predicted molar refractivity (Wildman–Crippen MR) is 43.4 cm³/mol. The zero-order chi connectivity index (χ0) is 8.65. The molecule has 0 radical (unpaired) electrons. The molecule has 0 amide bonds. The molecule has 0 atom stereocenters. The molecule has 0 fully saturated rings. The maximum atomic E-state index is 3.95. The Kier molecular flexibility index (Phi) is 1.62. The second-order valence-corrected chi connectivity index (χ2v) is 3.60. The van der Waals surface area contributed by atoms with Crippen LogP contribution in [-0.4, -0.2) is 22.6 Å². The lowest BCUT2D eigenvalue weighted by molar-refractivity contribution is 0.182. The second-order valence-electron chi connectivity index (χ2n) is 3.60. The molecule has 0 aliphatic carbocycles. The summed E-state index contributed by atoms with van der Waals surface area (Å²) in [7, 11) is 1.83. The molecule has 4 heteroatoms. The van der Waals surface area contributed by atoms with Gasteiger partial charge in [0.25, 0.3) is 0 Å². The van der Waals surface area contributed by atoms with Crippen LogP contribution in [0.4, 0.5) is 0 Å². The summed E-state index contributed by atoms with van der Waals surface area (Å²) in [6.45, 7) is 10.0. The largest absolute Gasteiger partial charge is 0.232 e. The Morgan fingerprint density at radius 2 is 1.82 bits per heavy atom. The second kappa shape index (κ2) is 2.22. The fourth-order valence-electron chi connectivity index (χ4n) is 0.862. The molecule has 0 aromatic rings. The highest BCUT2D eigenvalue weighted by molar-refractivity contribution is 4.97. The first-order valence-electron chi connectivity index (χ1n) is 3.57. The van der Waals surface area contributed by atoms with Crippen LogP contribution in [0.5, 0.6) is 0 Å². The van der Waals surface area contributed by atoms with Crippen molar-refractivity contribution in [1.29, 1.82) is 0 Å². The molecule has 1 rings (SSSR count). The highest BCUT2D eigenvalue weighted by Gasteiger charge is 2.28. The van der Waals surface area contributed by atoms with Gasteiger partial charge in [-0.15, -0.1) is 0 Å². The van der Waals surface area contributed by atoms with Crippen LogP contribution in [0, 0.1) is 0 Å². The average molecular weight is 154 g/mol. The highest BCUT2D eigenvalue weighted by Crippen LogP contribution is 2.25. The zero-order valence-corrected chi connectivity index (χ0v) is 7.50. The molecule has 1 aliphatic heterocycles. The van der Waals surface area contributed by atoms with Crippen molar-refractivity contribution in [1.82, 2.24) is 10.0 Å². The quantitative estimate of drug-likeness (QED) is 0.532. The molecule has 4 nitrogen and oxygen atoms in total. The van der Waals surface area contributed by atoms with Gasteiger partial charge in [-0.25, -0.2) is 10.0 Å². The molecule has 0 aromatic heterocycles. The van der Waals surface area contributed by atoms with Crippen LogP contribution in [-0.2, 0) is 0 Å². The molecule has 0 unspecified atom stereocenters. The molecule has 62 valence electrons. The van der Waals surface area contributed by atoms with Crippen LogP contribution in [0.1, 0.15) is 20.8 Å². The van der Waals surface area contributed by atoms with E-state index in [2.05, 4.69) is 37.8 Å². The lowest BCUT2D eigenvalue weighted by Gasteiger charge is -2.29. The summed E-state index contributed by atoms with van der Waals surface area (Å²) in [5.74, 6) is 0.817. The molecule has 11 heavy (non-hydrogen) atoms. The van der Waals surface area contributed by atoms with E-state index >= 15 is 0 Å². The first kappa shape index (κ1) is 8.04. The number of rotatable bonds is 0. The van der Waals surface area contributed by atoms with Crippen LogP contribution in [0.25, 0.3) is 0 Å². The van der Waals surface area contributed by atoms with Gasteiger partial charge in [0.2, 0.25) is 0 Å². The van der Waals surface area contributed by atoms with E-state index in [1.54, 1.807) is 10.0 Å². The number of hydrogen-bond donors (Lipinski definition) is 0. The molecule has 0 N–H and O–H groups in total. The molecule has 0 saturated carbocycles. The molecule has 0 saturated heterocycles. The van der Waals surface area contributed by atoms with Gasteiger partial charge in [-0.1, -0.05) is 6.58 Å². The predicted octanol–water partition coefficient (Wildman–Crippen LogP) is 1.79. The van der Waals surface area contributed by atoms with E-state index in [0.717, 1.165) is 5.82 Å². The molecule has 0 spiro atoms. The first-order valence-corrected chi connectivity index (χ1v) is 3.57. The van der Waals surface area contributed by atoms with Gasteiger partial charge in [-0.2, -0.15) is 0 Å². The minimum atomic E-state index is -0.0364. The monoisotopic (exact) mass is 154 g/mol. The summed E-state index contributed by atoms with van der Waals surface area (Å²) in [5.41, 5.74) is -0.0364. The van der Waals surface area contributed by atoms with Crippen LogP contribution in [0.2, 0.25) is 0 Å². The maximum absolute atomic E-state index is 3.95. The van der Waals surface area contributed by atoms with Crippen molar-refractivity contribution in [2.24, 2.45) is 10.4 Å². The van der Waals surface area contributed by atoms with Crippen LogP contribution in [0.3, 0.4) is 0 Å². The van der Waals surface area contributed by atoms with Crippen molar-refractivity contribution in [2.45, 2.75) is 26.3 Å². The van der Waals surface area contributed by atoms with Crippen molar-refractivity contribution in [3.63, 3.8) is 0 Å². The Bertz CT molecular complexity index is 201. The van der Waals surface area contributed by atoms with E-state index in [-0.39, 0.29) is 5.54 Å². The van der Waals surface area contributed by atoms with Gasteiger partial charge in [-0.05, 0) is 31.2 Å². The molecular weight excluding hydrogens is 140 g/mol. The summed E-state index contributed by atoms with van der Waals surface area (Å²) < 4.78 is 0. The van der Waals surface area contributed by atoms with Gasteiger partial charge >= 0.3 is 0 Å². The van der Waals surface area contributed by atoms with Crippen molar-refractivity contribution < 1.29 is 0 Å². The van der Waals surface area contributed by atoms with Gasteiger partial charge in [-0.3, -0.25) is 0 Å². The summed E-state index contributed by atoms with van der Waals surface area (Å²) in [6, 6.07) is 0. The lowest BCUT2D eigenvalue weighted by Crippen LogP contribution is -2.36. The van der Waals surface area contributed by atoms with Crippen LogP contribution >= 0.6 is 0 Å². The van der Waals surface area contributed by atoms with Crippen LogP contribution < -0.4 is 0 Å². The fraction of sp³-hybridized carbons (Fsp3) is 0.714. The minimum absolute atomic E-state index is 0.0364. The standard InChI is InChI=1S/C7H14N4/c1-6-10(5)8-9-11(6)7(2,3)4/h1H2,2-5H3. The van der Waals surface area contributed by atoms with E-state index in [1.165, 1.54) is 0 Å². The lowest BCUT2D eigenvalue weighted by atomic mass is 10.1. The zero-order valence-electron chi connectivity index (χ0n) is 7.50. The van der Waals surface area contributed by atoms with Crippen molar-refractivity contribution >= 4 is 0 Å². The van der Waals surface area contributed by atoms with Gasteiger partial charge in [0, 0.05) is 7.05 Å². The normalized spacial score (nSPS) is 18.4. The van der Waals surface area contributed by atoms with E-state index in [4.69, 9.17) is 0 Å². The Labute approximate surface area is 67.1 Å². The third kappa shape index (κ3) is 1.34. The molecule has 0 bridgehead atoms. The van der Waals surface area contributed by atoms with Gasteiger partial charge in [0.1, 0.15) is 5.82 Å². The Balaban J connectivity index is 2.79. The topological polar surface area (TPSA) is 31.2 Å². The average Bonchev–Trinajstić information content (AvgIpc) is 2.11. The molecular formula is C7H14N4. The summed E-state index contributed by atoms with van der Waals surface area (Å²) in [5, 5.41) is 11.3. The number of nitrogens with zero attached hydrogens (tertiary/aromatic N) is 4. The first-order chi connectivity index (χ1) is 4.93. The molecule has 1 heterocycles. The Morgan fingerprint density at radius 1 is 1.27 bits per heavy atom. The minimum Gasteiger partial charge on any atom is -0.232 e. The van der Waals surface area contributed by atoms with Crippen LogP contribution in [0.15, 0.2) is 22.8 Å². The van der Waals surface area contributed by atoms with Crippen molar-refractivity contribution in [2.75, 3.05) is 7.05 Å². The molecule has 0 aromatic carbocycles. The van der Waals surface area contributed by atoms with E-state index in [1.807, 2.05) is 7.05 Å². The SMILES string of the molecule is C=C1N(C)N=NN1C(C)(C)C. The fourth-order valence-corrected chi connectivity index (χ4v) is 0.862. The summed E-state index contributed by atoms with van der Waals surface area (Å²) in [6.07, 6.45) is 0.